The third-order valence-corrected chi connectivity index (χ3v) is 4.96. The molecule has 0 aliphatic carbocycles. The standard InChI is InChI=1S/C16H19Cl3F2N2O5/c17-11-2-1-9(3-12(11)18)15(4-10(25)6-24,8-23-14(27)28)7-22-5-13(26)16(19,20)21/h1-3,10,22-25H,4-8H2,(H,27,28). The second-order valence-corrected chi connectivity index (χ2v) is 7.42. The van der Waals surface area contributed by atoms with E-state index in [1.54, 1.807) is 0 Å². The van der Waals surface area contributed by atoms with E-state index in [9.17, 15) is 28.6 Å². The van der Waals surface area contributed by atoms with Crippen molar-refractivity contribution < 1.29 is 33.7 Å². The molecule has 0 aromatic heterocycles. The van der Waals surface area contributed by atoms with E-state index < -0.39 is 41.9 Å². The van der Waals surface area contributed by atoms with E-state index in [4.69, 9.17) is 28.3 Å². The van der Waals surface area contributed by atoms with Gasteiger partial charge in [0.2, 0.25) is 5.78 Å². The summed E-state index contributed by atoms with van der Waals surface area (Å²) in [6, 6.07) is 4.39. The van der Waals surface area contributed by atoms with Crippen LogP contribution in [-0.4, -0.2) is 64.9 Å². The summed E-state index contributed by atoms with van der Waals surface area (Å²) in [6.45, 7) is -1.94. The van der Waals surface area contributed by atoms with Gasteiger partial charge in [0.1, 0.15) is 0 Å². The van der Waals surface area contributed by atoms with E-state index >= 15 is 0 Å². The summed E-state index contributed by atoms with van der Waals surface area (Å²) >= 11 is 16.6. The minimum atomic E-state index is -4.05. The minimum absolute atomic E-state index is 0.140. The van der Waals surface area contributed by atoms with Crippen LogP contribution in [-0.2, 0) is 10.2 Å². The molecule has 1 aromatic rings. The Kier molecular flexibility index (Phi) is 9.32. The molecule has 1 amide bonds. The van der Waals surface area contributed by atoms with Gasteiger partial charge < -0.3 is 26.0 Å². The largest absolute Gasteiger partial charge is 0.465 e. The van der Waals surface area contributed by atoms with Crippen molar-refractivity contribution in [2.24, 2.45) is 0 Å². The van der Waals surface area contributed by atoms with Gasteiger partial charge >= 0.3 is 11.5 Å². The first-order valence-electron chi connectivity index (χ1n) is 7.93. The average molecular weight is 464 g/mol. The lowest BCUT2D eigenvalue weighted by Gasteiger charge is -2.36. The molecular weight excluding hydrogens is 445 g/mol. The van der Waals surface area contributed by atoms with Crippen LogP contribution in [0.4, 0.5) is 13.6 Å². The Morgan fingerprint density at radius 1 is 1.18 bits per heavy atom. The van der Waals surface area contributed by atoms with Gasteiger partial charge in [-0.05, 0) is 35.7 Å². The highest BCUT2D eigenvalue weighted by molar-refractivity contribution is 6.42. The molecule has 158 valence electrons. The van der Waals surface area contributed by atoms with Gasteiger partial charge in [-0.25, -0.2) is 4.79 Å². The molecule has 28 heavy (non-hydrogen) atoms. The van der Waals surface area contributed by atoms with Gasteiger partial charge in [-0.15, -0.1) is 0 Å². The van der Waals surface area contributed by atoms with Crippen LogP contribution in [0.1, 0.15) is 12.0 Å². The number of carboxylic acid groups (broad SMARTS) is 1. The molecule has 5 N–H and O–H groups in total. The van der Waals surface area contributed by atoms with Crippen molar-refractivity contribution in [2.45, 2.75) is 23.3 Å². The number of ketones is 1. The first kappa shape index (κ1) is 24.8. The lowest BCUT2D eigenvalue weighted by Crippen LogP contribution is -2.50. The molecule has 0 aliphatic rings. The molecule has 0 saturated heterocycles. The molecule has 0 radical (unpaired) electrons. The van der Waals surface area contributed by atoms with Gasteiger partial charge in [0.25, 0.3) is 0 Å². The van der Waals surface area contributed by atoms with Gasteiger partial charge in [-0.2, -0.15) is 8.78 Å². The Balaban J connectivity index is 3.23. The van der Waals surface area contributed by atoms with Gasteiger partial charge in [-0.3, -0.25) is 4.79 Å². The number of carbonyl (C=O) groups excluding carboxylic acids is 1. The summed E-state index contributed by atoms with van der Waals surface area (Å²) < 4.78 is 25.7. The highest BCUT2D eigenvalue weighted by Gasteiger charge is 2.38. The number of hydrogen-bond acceptors (Lipinski definition) is 5. The van der Waals surface area contributed by atoms with Crippen molar-refractivity contribution in [3.8, 4) is 0 Å². The van der Waals surface area contributed by atoms with E-state index in [0.29, 0.717) is 5.56 Å². The highest BCUT2D eigenvalue weighted by Crippen LogP contribution is 2.33. The number of alkyl halides is 3. The highest BCUT2D eigenvalue weighted by atomic mass is 35.5. The van der Waals surface area contributed by atoms with Crippen molar-refractivity contribution in [3.05, 3.63) is 33.8 Å². The number of hydrogen-bond donors (Lipinski definition) is 5. The molecule has 2 atom stereocenters. The van der Waals surface area contributed by atoms with Crippen molar-refractivity contribution in [3.63, 3.8) is 0 Å². The molecule has 0 aliphatic heterocycles. The number of rotatable bonds is 11. The van der Waals surface area contributed by atoms with Crippen LogP contribution in [0.25, 0.3) is 0 Å². The second-order valence-electron chi connectivity index (χ2n) is 6.13. The lowest BCUT2D eigenvalue weighted by atomic mass is 9.75. The Morgan fingerprint density at radius 2 is 1.82 bits per heavy atom. The average Bonchev–Trinajstić information content (AvgIpc) is 2.60. The number of aliphatic hydroxyl groups excluding tert-OH is 2. The van der Waals surface area contributed by atoms with Gasteiger partial charge in [-0.1, -0.05) is 29.3 Å². The zero-order valence-corrected chi connectivity index (χ0v) is 16.7. The summed E-state index contributed by atoms with van der Waals surface area (Å²) in [7, 11) is 0. The number of benzene rings is 1. The fourth-order valence-electron chi connectivity index (χ4n) is 2.63. The second kappa shape index (κ2) is 10.5. The third kappa shape index (κ3) is 7.31. The van der Waals surface area contributed by atoms with Crippen LogP contribution in [0.3, 0.4) is 0 Å². The molecule has 0 fully saturated rings. The predicted molar refractivity (Wildman–Crippen MR) is 101 cm³/mol. The van der Waals surface area contributed by atoms with E-state index in [-0.39, 0.29) is 29.6 Å². The Hall–Kier alpha value is -1.23. The monoisotopic (exact) mass is 462 g/mol. The molecular formula is C16H19Cl3F2N2O5. The van der Waals surface area contributed by atoms with Crippen LogP contribution in [0.2, 0.25) is 10.0 Å². The Labute approximate surface area is 174 Å². The van der Waals surface area contributed by atoms with Crippen LogP contribution in [0.5, 0.6) is 0 Å². The Bertz CT molecular complexity index is 705. The molecule has 0 bridgehead atoms. The molecule has 0 heterocycles. The maximum Gasteiger partial charge on any atom is 0.404 e. The molecule has 7 nitrogen and oxygen atoms in total. The summed E-state index contributed by atoms with van der Waals surface area (Å²) in [5, 5.41) is 29.1. The fraction of sp³-hybridized carbons (Fsp3) is 0.500. The molecule has 0 saturated carbocycles. The molecule has 1 aromatic carbocycles. The number of Topliss-reactive ketones (excluding diaryl/α,β-unsaturated/α-hetero) is 1. The summed E-state index contributed by atoms with van der Waals surface area (Å²) in [5.74, 6) is -1.58. The van der Waals surface area contributed by atoms with Crippen LogP contribution in [0.15, 0.2) is 18.2 Å². The Morgan fingerprint density at radius 3 is 2.32 bits per heavy atom. The molecule has 1 rings (SSSR count). The first-order chi connectivity index (χ1) is 12.9. The number of halogens is 5. The van der Waals surface area contributed by atoms with Gasteiger partial charge in [0.15, 0.2) is 0 Å². The van der Waals surface area contributed by atoms with Crippen LogP contribution >= 0.6 is 34.8 Å². The number of amides is 1. The number of aliphatic hydroxyl groups is 2. The van der Waals surface area contributed by atoms with Crippen molar-refractivity contribution in [1.82, 2.24) is 10.6 Å². The zero-order valence-electron chi connectivity index (χ0n) is 14.4. The van der Waals surface area contributed by atoms with Crippen LogP contribution in [0, 0.1) is 0 Å². The number of nitrogens with one attached hydrogen (secondary N) is 2. The molecule has 2 unspecified atom stereocenters. The maximum atomic E-state index is 12.9. The predicted octanol–water partition coefficient (Wildman–Crippen LogP) is 2.23. The quantitative estimate of drug-likeness (QED) is 0.321. The summed E-state index contributed by atoms with van der Waals surface area (Å²) in [4.78, 5) is 22.4. The summed E-state index contributed by atoms with van der Waals surface area (Å²) in [5.41, 5.74) is -0.850. The summed E-state index contributed by atoms with van der Waals surface area (Å²) in [6.07, 6.45) is -2.82. The van der Waals surface area contributed by atoms with E-state index in [1.807, 2.05) is 0 Å². The van der Waals surface area contributed by atoms with Crippen LogP contribution < -0.4 is 10.6 Å². The SMILES string of the molecule is O=C(O)NCC(CNCC(=O)C(F)(F)Cl)(CC(O)CO)c1ccc(Cl)c(Cl)c1. The van der Waals surface area contributed by atoms with Gasteiger partial charge in [0, 0.05) is 18.5 Å². The van der Waals surface area contributed by atoms with E-state index in [1.165, 1.54) is 18.2 Å². The lowest BCUT2D eigenvalue weighted by molar-refractivity contribution is -0.132. The maximum absolute atomic E-state index is 12.9. The first-order valence-corrected chi connectivity index (χ1v) is 9.06. The fourth-order valence-corrected chi connectivity index (χ4v) is 3.00. The molecule has 12 heteroatoms. The normalized spacial score (nSPS) is 15.0. The smallest absolute Gasteiger partial charge is 0.404 e. The van der Waals surface area contributed by atoms with Gasteiger partial charge in [0.05, 0.1) is 29.3 Å². The topological polar surface area (TPSA) is 119 Å². The van der Waals surface area contributed by atoms with Crippen molar-refractivity contribution >= 4 is 46.7 Å². The van der Waals surface area contributed by atoms with E-state index in [0.717, 1.165) is 0 Å². The van der Waals surface area contributed by atoms with E-state index in [2.05, 4.69) is 22.2 Å². The zero-order chi connectivity index (χ0) is 21.5. The number of carbonyl (C=O) groups is 2. The molecule has 0 spiro atoms. The van der Waals surface area contributed by atoms with Crippen molar-refractivity contribution in [1.29, 1.82) is 0 Å². The third-order valence-electron chi connectivity index (χ3n) is 4.01. The van der Waals surface area contributed by atoms with Crippen molar-refractivity contribution in [2.75, 3.05) is 26.2 Å². The minimum Gasteiger partial charge on any atom is -0.465 e.